The maximum atomic E-state index is 4.38. The fraction of sp³-hybridized carbons (Fsp3) is 0.0500. The first-order valence-electron chi connectivity index (χ1n) is 7.74. The van der Waals surface area contributed by atoms with E-state index in [-0.39, 0.29) is 0 Å². The minimum absolute atomic E-state index is 0.796. The highest BCUT2D eigenvalue weighted by molar-refractivity contribution is 7.98. The van der Waals surface area contributed by atoms with Crippen LogP contribution in [0, 0.1) is 0 Å². The molecule has 0 amide bonds. The molecule has 4 aromatic rings. The molecule has 0 spiro atoms. The largest absolute Gasteiger partial charge is 0.260 e. The zero-order chi connectivity index (χ0) is 16.2. The zero-order valence-corrected chi connectivity index (χ0v) is 13.8. The predicted octanol–water partition coefficient (Wildman–Crippen LogP) is 4.98. The fourth-order valence-electron chi connectivity index (χ4n) is 2.53. The fourth-order valence-corrected chi connectivity index (χ4v) is 3.26. The van der Waals surface area contributed by atoms with E-state index in [1.54, 1.807) is 11.8 Å². The highest BCUT2D eigenvalue weighted by Gasteiger charge is 2.04. The summed E-state index contributed by atoms with van der Waals surface area (Å²) in [5.41, 5.74) is 3.02. The number of hydrogen-bond donors (Lipinski definition) is 0. The first-order valence-corrected chi connectivity index (χ1v) is 8.73. The van der Waals surface area contributed by atoms with Crippen LogP contribution in [-0.4, -0.2) is 15.2 Å². The van der Waals surface area contributed by atoms with Crippen LogP contribution in [0.1, 0.15) is 5.69 Å². The topological polar surface area (TPSA) is 38.7 Å². The Balaban J connectivity index is 1.52. The van der Waals surface area contributed by atoms with Crippen LogP contribution in [0.25, 0.3) is 22.0 Å². The zero-order valence-electron chi connectivity index (χ0n) is 13.0. The van der Waals surface area contributed by atoms with E-state index in [9.17, 15) is 0 Å². The predicted molar refractivity (Wildman–Crippen MR) is 98.8 cm³/mol. The molecule has 0 atom stereocenters. The van der Waals surface area contributed by atoms with Gasteiger partial charge in [-0.15, -0.1) is 10.2 Å². The monoisotopic (exact) mass is 329 g/mol. The number of benzene rings is 2. The van der Waals surface area contributed by atoms with Crippen molar-refractivity contribution in [3.05, 3.63) is 84.7 Å². The Labute approximate surface area is 144 Å². The molecule has 0 fully saturated rings. The maximum absolute atomic E-state index is 4.38. The Morgan fingerprint density at radius 2 is 1.62 bits per heavy atom. The summed E-state index contributed by atoms with van der Waals surface area (Å²) in [6, 6.07) is 24.7. The van der Waals surface area contributed by atoms with Gasteiger partial charge in [0.25, 0.3) is 0 Å². The number of fused-ring (bicyclic) bond motifs is 1. The number of aromatic nitrogens is 3. The minimum Gasteiger partial charge on any atom is -0.260 e. The van der Waals surface area contributed by atoms with E-state index in [2.05, 4.69) is 57.6 Å². The standard InChI is InChI=1S/C20H15N3S/c1-2-6-16-13-17(9-8-15(16)5-1)19-10-11-20(23-22-19)24-14-18-7-3-4-12-21-18/h1-13H,14H2. The quantitative estimate of drug-likeness (QED) is 0.495. The van der Waals surface area contributed by atoms with Gasteiger partial charge in [-0.1, -0.05) is 54.2 Å². The summed E-state index contributed by atoms with van der Waals surface area (Å²) in [6.07, 6.45) is 1.81. The van der Waals surface area contributed by atoms with Gasteiger partial charge in [0.05, 0.1) is 11.4 Å². The average molecular weight is 329 g/mol. The summed E-state index contributed by atoms with van der Waals surface area (Å²) in [5, 5.41) is 12.1. The Morgan fingerprint density at radius 3 is 2.42 bits per heavy atom. The van der Waals surface area contributed by atoms with E-state index < -0.39 is 0 Å². The summed E-state index contributed by atoms with van der Waals surface area (Å²) < 4.78 is 0. The van der Waals surface area contributed by atoms with Crippen molar-refractivity contribution in [3.8, 4) is 11.3 Å². The third kappa shape index (κ3) is 3.29. The van der Waals surface area contributed by atoms with Crippen molar-refractivity contribution in [2.45, 2.75) is 10.8 Å². The number of nitrogens with zero attached hydrogens (tertiary/aromatic N) is 3. The molecular weight excluding hydrogens is 314 g/mol. The molecule has 0 saturated heterocycles. The summed E-state index contributed by atoms with van der Waals surface area (Å²) in [7, 11) is 0. The van der Waals surface area contributed by atoms with Crippen molar-refractivity contribution in [1.82, 2.24) is 15.2 Å². The molecule has 116 valence electrons. The van der Waals surface area contributed by atoms with Crippen molar-refractivity contribution >= 4 is 22.5 Å². The van der Waals surface area contributed by atoms with Gasteiger partial charge in [0.15, 0.2) is 0 Å². The lowest BCUT2D eigenvalue weighted by Crippen LogP contribution is -1.91. The lowest BCUT2D eigenvalue weighted by molar-refractivity contribution is 0.935. The maximum Gasteiger partial charge on any atom is 0.119 e. The molecule has 2 aromatic carbocycles. The van der Waals surface area contributed by atoms with E-state index in [1.165, 1.54) is 10.8 Å². The lowest BCUT2D eigenvalue weighted by Gasteiger charge is -2.04. The summed E-state index contributed by atoms with van der Waals surface area (Å²) in [4.78, 5) is 4.32. The molecule has 0 unspecified atom stereocenters. The second-order valence-corrected chi connectivity index (χ2v) is 6.42. The van der Waals surface area contributed by atoms with Gasteiger partial charge in [-0.3, -0.25) is 4.98 Å². The van der Waals surface area contributed by atoms with Crippen LogP contribution >= 0.6 is 11.8 Å². The Morgan fingerprint density at radius 1 is 0.750 bits per heavy atom. The highest BCUT2D eigenvalue weighted by Crippen LogP contribution is 2.25. The summed E-state index contributed by atoms with van der Waals surface area (Å²) in [6.45, 7) is 0. The van der Waals surface area contributed by atoms with Crippen molar-refractivity contribution < 1.29 is 0 Å². The van der Waals surface area contributed by atoms with E-state index in [1.807, 2.05) is 36.5 Å². The molecule has 2 aromatic heterocycles. The van der Waals surface area contributed by atoms with Crippen LogP contribution in [0.2, 0.25) is 0 Å². The molecular formula is C20H15N3S. The average Bonchev–Trinajstić information content (AvgIpc) is 2.67. The molecule has 0 radical (unpaired) electrons. The van der Waals surface area contributed by atoms with Crippen LogP contribution < -0.4 is 0 Å². The second-order valence-electron chi connectivity index (χ2n) is 5.43. The third-order valence-electron chi connectivity index (χ3n) is 3.78. The minimum atomic E-state index is 0.796. The van der Waals surface area contributed by atoms with Crippen molar-refractivity contribution in [2.24, 2.45) is 0 Å². The van der Waals surface area contributed by atoms with Gasteiger partial charge in [0.1, 0.15) is 5.03 Å². The van der Waals surface area contributed by atoms with Gasteiger partial charge in [-0.05, 0) is 41.1 Å². The summed E-state index contributed by atoms with van der Waals surface area (Å²) >= 11 is 1.64. The normalized spacial score (nSPS) is 10.8. The summed E-state index contributed by atoms with van der Waals surface area (Å²) in [5.74, 6) is 0.796. The molecule has 4 rings (SSSR count). The molecule has 2 heterocycles. The first-order chi connectivity index (χ1) is 11.9. The van der Waals surface area contributed by atoms with Crippen LogP contribution in [-0.2, 0) is 5.75 Å². The van der Waals surface area contributed by atoms with E-state index in [4.69, 9.17) is 0 Å². The smallest absolute Gasteiger partial charge is 0.119 e. The van der Waals surface area contributed by atoms with E-state index >= 15 is 0 Å². The third-order valence-corrected chi connectivity index (χ3v) is 4.73. The molecule has 0 N–H and O–H groups in total. The SMILES string of the molecule is c1ccc(CSc2ccc(-c3ccc4ccccc4c3)nn2)nc1. The van der Waals surface area contributed by atoms with Crippen molar-refractivity contribution in [1.29, 1.82) is 0 Å². The van der Waals surface area contributed by atoms with Gasteiger partial charge in [0.2, 0.25) is 0 Å². The molecule has 0 aliphatic carbocycles. The molecule has 0 saturated carbocycles. The second kappa shape index (κ2) is 6.81. The van der Waals surface area contributed by atoms with E-state index in [0.717, 1.165) is 27.7 Å². The van der Waals surface area contributed by atoms with E-state index in [0.29, 0.717) is 0 Å². The van der Waals surface area contributed by atoms with Gasteiger partial charge in [-0.25, -0.2) is 0 Å². The van der Waals surface area contributed by atoms with Crippen molar-refractivity contribution in [3.63, 3.8) is 0 Å². The van der Waals surface area contributed by atoms with Gasteiger partial charge in [-0.2, -0.15) is 0 Å². The number of pyridine rings is 1. The highest BCUT2D eigenvalue weighted by atomic mass is 32.2. The molecule has 0 bridgehead atoms. The number of thioether (sulfide) groups is 1. The molecule has 0 aliphatic rings. The Kier molecular flexibility index (Phi) is 4.21. The van der Waals surface area contributed by atoms with Crippen LogP contribution in [0.15, 0.2) is 84.0 Å². The number of hydrogen-bond acceptors (Lipinski definition) is 4. The lowest BCUT2D eigenvalue weighted by atomic mass is 10.1. The van der Waals surface area contributed by atoms with Crippen LogP contribution in [0.4, 0.5) is 0 Å². The van der Waals surface area contributed by atoms with Crippen molar-refractivity contribution in [2.75, 3.05) is 0 Å². The number of rotatable bonds is 4. The van der Waals surface area contributed by atoms with Crippen LogP contribution in [0.3, 0.4) is 0 Å². The van der Waals surface area contributed by atoms with Gasteiger partial charge in [0, 0.05) is 17.5 Å². The Bertz CT molecular complexity index is 953. The molecule has 4 heteroatoms. The van der Waals surface area contributed by atoms with Gasteiger partial charge < -0.3 is 0 Å². The molecule has 24 heavy (non-hydrogen) atoms. The molecule has 3 nitrogen and oxygen atoms in total. The molecule has 0 aliphatic heterocycles. The van der Waals surface area contributed by atoms with Gasteiger partial charge >= 0.3 is 0 Å². The first kappa shape index (κ1) is 14.8. The van der Waals surface area contributed by atoms with Crippen LogP contribution in [0.5, 0.6) is 0 Å². The Hall–Kier alpha value is -2.72.